The summed E-state index contributed by atoms with van der Waals surface area (Å²) in [6, 6.07) is 1.26. The third-order valence-electron chi connectivity index (χ3n) is 2.45. The average molecular weight is 336 g/mol. The van der Waals surface area contributed by atoms with Gasteiger partial charge in [0.25, 0.3) is 0 Å². The fraction of sp³-hybridized carbons (Fsp3) is 0.250. The van der Waals surface area contributed by atoms with Crippen molar-refractivity contribution in [3.8, 4) is 12.3 Å². The monoisotopic (exact) mass is 335 g/mol. The van der Waals surface area contributed by atoms with Crippen molar-refractivity contribution in [2.24, 2.45) is 0 Å². The molecule has 0 fully saturated rings. The molecule has 0 spiro atoms. The van der Waals surface area contributed by atoms with Gasteiger partial charge in [0, 0.05) is 0 Å². The van der Waals surface area contributed by atoms with Crippen LogP contribution in [0.15, 0.2) is 17.0 Å². The highest BCUT2D eigenvalue weighted by molar-refractivity contribution is 7.89. The molecule has 0 saturated heterocycles. The fourth-order valence-corrected chi connectivity index (χ4v) is 3.48. The second-order valence-electron chi connectivity index (χ2n) is 3.82. The van der Waals surface area contributed by atoms with E-state index in [9.17, 15) is 13.2 Å². The number of carboxylic acids is 1. The van der Waals surface area contributed by atoms with Crippen LogP contribution in [0.3, 0.4) is 0 Å². The minimum absolute atomic E-state index is 0.148. The van der Waals surface area contributed by atoms with E-state index in [1.54, 1.807) is 6.92 Å². The Balaban J connectivity index is 3.36. The minimum Gasteiger partial charge on any atom is -0.478 e. The lowest BCUT2D eigenvalue weighted by Gasteiger charge is -2.13. The summed E-state index contributed by atoms with van der Waals surface area (Å²) in [7, 11) is -4.03. The molecular formula is C12H11Cl2NO4S. The summed E-state index contributed by atoms with van der Waals surface area (Å²) in [5, 5.41) is 8.62. The van der Waals surface area contributed by atoms with Crippen molar-refractivity contribution in [3.63, 3.8) is 0 Å². The molecule has 0 saturated carbocycles. The molecule has 5 nitrogen and oxygen atoms in total. The zero-order valence-corrected chi connectivity index (χ0v) is 12.7. The van der Waals surface area contributed by atoms with Crippen LogP contribution in [0, 0.1) is 12.3 Å². The Labute approximate surface area is 126 Å². The molecule has 1 rings (SSSR count). The zero-order valence-electron chi connectivity index (χ0n) is 10.4. The van der Waals surface area contributed by atoms with Crippen molar-refractivity contribution in [2.75, 3.05) is 0 Å². The first kappa shape index (κ1) is 16.8. The second-order valence-corrected chi connectivity index (χ2v) is 6.31. The lowest BCUT2D eigenvalue weighted by Crippen LogP contribution is -2.33. The molecule has 0 aliphatic rings. The van der Waals surface area contributed by atoms with Gasteiger partial charge >= 0.3 is 5.97 Å². The Morgan fingerprint density at radius 1 is 1.45 bits per heavy atom. The standard InChI is InChI=1S/C12H11Cl2NO4S/c1-3-7(4-2)15-20(18,19)11-5-8(12(16)17)9(13)6-10(11)14/h1,5-7,15H,4H2,2H3,(H,16,17). The Morgan fingerprint density at radius 3 is 2.50 bits per heavy atom. The third-order valence-corrected chi connectivity index (χ3v) is 4.70. The van der Waals surface area contributed by atoms with Crippen molar-refractivity contribution in [3.05, 3.63) is 27.7 Å². The number of halogens is 2. The van der Waals surface area contributed by atoms with Crippen molar-refractivity contribution < 1.29 is 18.3 Å². The van der Waals surface area contributed by atoms with Crippen molar-refractivity contribution in [1.82, 2.24) is 4.72 Å². The van der Waals surface area contributed by atoms with Gasteiger partial charge in [0.1, 0.15) is 4.90 Å². The predicted octanol–water partition coefficient (Wildman–Crippen LogP) is 2.38. The number of nitrogens with one attached hydrogen (secondary N) is 1. The van der Waals surface area contributed by atoms with E-state index in [1.807, 2.05) is 0 Å². The van der Waals surface area contributed by atoms with Crippen LogP contribution < -0.4 is 4.72 Å². The molecule has 8 heteroatoms. The molecule has 20 heavy (non-hydrogen) atoms. The van der Waals surface area contributed by atoms with Crippen LogP contribution in [-0.4, -0.2) is 25.5 Å². The molecule has 1 unspecified atom stereocenters. The van der Waals surface area contributed by atoms with Gasteiger partial charge in [-0.15, -0.1) is 6.42 Å². The van der Waals surface area contributed by atoms with Crippen LogP contribution in [0.4, 0.5) is 0 Å². The molecule has 1 aromatic carbocycles. The number of rotatable bonds is 5. The summed E-state index contributed by atoms with van der Waals surface area (Å²) in [6.07, 6.45) is 5.57. The van der Waals surface area contributed by atoms with E-state index in [4.69, 9.17) is 34.7 Å². The SMILES string of the molecule is C#CC(CC)NS(=O)(=O)c1cc(C(=O)O)c(Cl)cc1Cl. The van der Waals surface area contributed by atoms with Crippen molar-refractivity contribution in [2.45, 2.75) is 24.3 Å². The number of carboxylic acid groups (broad SMARTS) is 1. The largest absolute Gasteiger partial charge is 0.478 e. The molecule has 0 radical (unpaired) electrons. The topological polar surface area (TPSA) is 83.5 Å². The summed E-state index contributed by atoms with van der Waals surface area (Å²) in [5.41, 5.74) is -0.356. The highest BCUT2D eigenvalue weighted by Crippen LogP contribution is 2.28. The van der Waals surface area contributed by atoms with Gasteiger partial charge in [-0.2, -0.15) is 4.72 Å². The van der Waals surface area contributed by atoms with Crippen LogP contribution in [0.2, 0.25) is 10.0 Å². The van der Waals surface area contributed by atoms with E-state index >= 15 is 0 Å². The van der Waals surface area contributed by atoms with Crippen LogP contribution in [-0.2, 0) is 10.0 Å². The van der Waals surface area contributed by atoms with E-state index in [2.05, 4.69) is 10.6 Å². The van der Waals surface area contributed by atoms with E-state index in [0.717, 1.165) is 12.1 Å². The van der Waals surface area contributed by atoms with E-state index < -0.39 is 22.0 Å². The van der Waals surface area contributed by atoms with E-state index in [-0.39, 0.29) is 20.5 Å². The molecule has 0 amide bonds. The van der Waals surface area contributed by atoms with Crippen molar-refractivity contribution in [1.29, 1.82) is 0 Å². The minimum atomic E-state index is -4.03. The van der Waals surface area contributed by atoms with Crippen LogP contribution in [0.5, 0.6) is 0 Å². The number of hydrogen-bond donors (Lipinski definition) is 2. The van der Waals surface area contributed by atoms with Gasteiger partial charge < -0.3 is 5.11 Å². The molecule has 0 heterocycles. The highest BCUT2D eigenvalue weighted by atomic mass is 35.5. The summed E-state index contributed by atoms with van der Waals surface area (Å²) < 4.78 is 26.5. The lowest BCUT2D eigenvalue weighted by atomic mass is 10.2. The van der Waals surface area contributed by atoms with E-state index in [0.29, 0.717) is 6.42 Å². The number of benzene rings is 1. The van der Waals surface area contributed by atoms with Gasteiger partial charge in [-0.25, -0.2) is 13.2 Å². The molecular weight excluding hydrogens is 325 g/mol. The zero-order chi connectivity index (χ0) is 15.5. The van der Waals surface area contributed by atoms with Gasteiger partial charge in [-0.3, -0.25) is 0 Å². The number of aromatic carboxylic acids is 1. The quantitative estimate of drug-likeness (QED) is 0.809. The molecule has 2 N–H and O–H groups in total. The van der Waals surface area contributed by atoms with Crippen molar-refractivity contribution >= 4 is 39.2 Å². The molecule has 0 aromatic heterocycles. The maximum Gasteiger partial charge on any atom is 0.337 e. The smallest absolute Gasteiger partial charge is 0.337 e. The maximum atomic E-state index is 12.1. The number of hydrogen-bond acceptors (Lipinski definition) is 3. The highest BCUT2D eigenvalue weighted by Gasteiger charge is 2.24. The van der Waals surface area contributed by atoms with Gasteiger partial charge in [-0.05, 0) is 18.6 Å². The lowest BCUT2D eigenvalue weighted by molar-refractivity contribution is 0.0697. The van der Waals surface area contributed by atoms with Crippen LogP contribution in [0.1, 0.15) is 23.7 Å². The van der Waals surface area contributed by atoms with E-state index in [1.165, 1.54) is 0 Å². The van der Waals surface area contributed by atoms with Gasteiger partial charge in [0.05, 0.1) is 21.7 Å². The van der Waals surface area contributed by atoms with Gasteiger partial charge in [0.2, 0.25) is 10.0 Å². The molecule has 1 aromatic rings. The molecule has 1 atom stereocenters. The molecule has 0 aliphatic carbocycles. The summed E-state index contributed by atoms with van der Waals surface area (Å²) in [4.78, 5) is 10.6. The predicted molar refractivity (Wildman–Crippen MR) is 76.7 cm³/mol. The maximum absolute atomic E-state index is 12.1. The molecule has 108 valence electrons. The number of sulfonamides is 1. The summed E-state index contributed by atoms with van der Waals surface area (Å²) in [5.74, 6) is 0.916. The first-order valence-corrected chi connectivity index (χ1v) is 7.67. The van der Waals surface area contributed by atoms with Crippen LogP contribution in [0.25, 0.3) is 0 Å². The summed E-state index contributed by atoms with van der Waals surface area (Å²) >= 11 is 11.5. The first-order valence-electron chi connectivity index (χ1n) is 5.43. The second kappa shape index (κ2) is 6.46. The number of carbonyl (C=O) groups is 1. The molecule has 0 bridgehead atoms. The Bertz CT molecular complexity index is 679. The summed E-state index contributed by atoms with van der Waals surface area (Å²) in [6.45, 7) is 1.71. The Hall–Kier alpha value is -1.26. The van der Waals surface area contributed by atoms with Gasteiger partial charge in [0.15, 0.2) is 0 Å². The molecule has 0 aliphatic heterocycles. The third kappa shape index (κ3) is 3.64. The Morgan fingerprint density at radius 2 is 2.05 bits per heavy atom. The number of terminal acetylenes is 1. The van der Waals surface area contributed by atoms with Gasteiger partial charge in [-0.1, -0.05) is 36.0 Å². The first-order chi connectivity index (χ1) is 9.22. The normalized spacial score (nSPS) is 12.7. The van der Waals surface area contributed by atoms with Crippen LogP contribution >= 0.6 is 23.2 Å². The fourth-order valence-electron chi connectivity index (χ4n) is 1.38. The average Bonchev–Trinajstić information content (AvgIpc) is 2.35. The Kier molecular flexibility index (Phi) is 5.42.